The highest BCUT2D eigenvalue weighted by atomic mass is 32.2. The van der Waals surface area contributed by atoms with Gasteiger partial charge in [0.05, 0.1) is 10.9 Å². The zero-order chi connectivity index (χ0) is 14.7. The van der Waals surface area contributed by atoms with Crippen molar-refractivity contribution in [3.8, 4) is 0 Å². The third-order valence-electron chi connectivity index (χ3n) is 4.66. The number of carbonyl (C=O) groups excluding carboxylic acids is 1. The lowest BCUT2D eigenvalue weighted by Gasteiger charge is -2.47. The van der Waals surface area contributed by atoms with Crippen LogP contribution < -0.4 is 0 Å². The monoisotopic (exact) mass is 315 g/mol. The standard InChI is InChI=1S/C15H25NO4S/c1-18-8-14(17)16-10-15(11-16)6-13(9-21-15)20-7-12-2-4-19-5-3-12/h12-13H,2-11H2,1H3. The van der Waals surface area contributed by atoms with E-state index in [9.17, 15) is 4.79 Å². The molecule has 3 aliphatic heterocycles. The largest absolute Gasteiger partial charge is 0.381 e. The number of hydrogen-bond donors (Lipinski definition) is 0. The van der Waals surface area contributed by atoms with Crippen LogP contribution in [-0.4, -0.2) is 74.0 Å². The van der Waals surface area contributed by atoms with E-state index in [2.05, 4.69) is 0 Å². The maximum absolute atomic E-state index is 11.7. The minimum atomic E-state index is 0.107. The van der Waals surface area contributed by atoms with Gasteiger partial charge in [-0.3, -0.25) is 4.79 Å². The van der Waals surface area contributed by atoms with Gasteiger partial charge in [0, 0.05) is 45.8 Å². The van der Waals surface area contributed by atoms with Crippen LogP contribution >= 0.6 is 11.8 Å². The van der Waals surface area contributed by atoms with E-state index in [0.29, 0.717) is 12.0 Å². The predicted octanol–water partition coefficient (Wildman–Crippen LogP) is 1.16. The van der Waals surface area contributed by atoms with E-state index in [0.717, 1.165) is 57.9 Å². The summed E-state index contributed by atoms with van der Waals surface area (Å²) in [5.41, 5.74) is 0. The Kier molecular flexibility index (Phi) is 5.09. The highest BCUT2D eigenvalue weighted by Crippen LogP contribution is 2.46. The zero-order valence-corrected chi connectivity index (χ0v) is 13.5. The van der Waals surface area contributed by atoms with E-state index >= 15 is 0 Å². The molecule has 6 heteroatoms. The molecule has 1 atom stereocenters. The molecular weight excluding hydrogens is 290 g/mol. The molecule has 5 nitrogen and oxygen atoms in total. The topological polar surface area (TPSA) is 48.0 Å². The first-order valence-corrected chi connectivity index (χ1v) is 8.79. The Morgan fingerprint density at radius 3 is 2.86 bits per heavy atom. The molecule has 0 saturated carbocycles. The van der Waals surface area contributed by atoms with Crippen molar-refractivity contribution < 1.29 is 19.0 Å². The summed E-state index contributed by atoms with van der Waals surface area (Å²) in [5.74, 6) is 1.84. The van der Waals surface area contributed by atoms with Gasteiger partial charge in [0.25, 0.3) is 0 Å². The van der Waals surface area contributed by atoms with Crippen molar-refractivity contribution >= 4 is 17.7 Å². The van der Waals surface area contributed by atoms with Crippen molar-refractivity contribution in [2.75, 3.05) is 52.4 Å². The van der Waals surface area contributed by atoms with Crippen LogP contribution in [0.4, 0.5) is 0 Å². The second-order valence-electron chi connectivity index (χ2n) is 6.39. The van der Waals surface area contributed by atoms with Gasteiger partial charge in [-0.1, -0.05) is 0 Å². The molecule has 0 bridgehead atoms. The molecule has 3 saturated heterocycles. The van der Waals surface area contributed by atoms with E-state index in [-0.39, 0.29) is 17.3 Å². The van der Waals surface area contributed by atoms with Gasteiger partial charge in [-0.25, -0.2) is 0 Å². The quantitative estimate of drug-likeness (QED) is 0.762. The molecule has 0 aromatic heterocycles. The van der Waals surface area contributed by atoms with Gasteiger partial charge in [0.2, 0.25) is 5.91 Å². The van der Waals surface area contributed by atoms with Gasteiger partial charge in [-0.05, 0) is 25.2 Å². The molecule has 3 aliphatic rings. The van der Waals surface area contributed by atoms with Crippen LogP contribution in [0, 0.1) is 5.92 Å². The number of hydrogen-bond acceptors (Lipinski definition) is 5. The highest BCUT2D eigenvalue weighted by molar-refractivity contribution is 8.01. The summed E-state index contributed by atoms with van der Waals surface area (Å²) in [7, 11) is 1.57. The summed E-state index contributed by atoms with van der Waals surface area (Å²) in [5, 5.41) is 0. The zero-order valence-electron chi connectivity index (χ0n) is 12.7. The van der Waals surface area contributed by atoms with Crippen molar-refractivity contribution in [3.05, 3.63) is 0 Å². The normalized spacial score (nSPS) is 28.8. The molecule has 120 valence electrons. The SMILES string of the molecule is COCC(=O)N1CC2(CC(OCC3CCOCC3)CS2)C1. The van der Waals surface area contributed by atoms with Gasteiger partial charge in [0.15, 0.2) is 0 Å². The highest BCUT2D eigenvalue weighted by Gasteiger charge is 2.50. The van der Waals surface area contributed by atoms with Gasteiger partial charge in [0.1, 0.15) is 6.61 Å². The van der Waals surface area contributed by atoms with Crippen LogP contribution in [0.3, 0.4) is 0 Å². The Morgan fingerprint density at radius 1 is 1.38 bits per heavy atom. The molecule has 0 N–H and O–H groups in total. The maximum atomic E-state index is 11.7. The molecule has 0 aromatic carbocycles. The lowest BCUT2D eigenvalue weighted by atomic mass is 9.92. The van der Waals surface area contributed by atoms with E-state index < -0.39 is 0 Å². The third-order valence-corrected chi connectivity index (χ3v) is 6.24. The van der Waals surface area contributed by atoms with Gasteiger partial charge < -0.3 is 19.1 Å². The number of carbonyl (C=O) groups is 1. The summed E-state index contributed by atoms with van der Waals surface area (Å²) in [4.78, 5) is 13.6. The van der Waals surface area contributed by atoms with Crippen molar-refractivity contribution in [1.82, 2.24) is 4.90 Å². The number of likely N-dealkylation sites (tertiary alicyclic amines) is 1. The first-order valence-electron chi connectivity index (χ1n) is 7.81. The average molecular weight is 315 g/mol. The van der Waals surface area contributed by atoms with E-state index in [1.807, 2.05) is 16.7 Å². The second kappa shape index (κ2) is 6.86. The Bertz CT molecular complexity index is 367. The molecule has 3 rings (SSSR count). The average Bonchev–Trinajstić information content (AvgIpc) is 2.89. The van der Waals surface area contributed by atoms with Crippen molar-refractivity contribution in [2.45, 2.75) is 30.1 Å². The second-order valence-corrected chi connectivity index (χ2v) is 7.88. The van der Waals surface area contributed by atoms with Crippen LogP contribution in [0.15, 0.2) is 0 Å². The fraction of sp³-hybridized carbons (Fsp3) is 0.933. The Labute approximate surface area is 130 Å². The summed E-state index contributed by atoms with van der Waals surface area (Å²) >= 11 is 1.98. The minimum Gasteiger partial charge on any atom is -0.381 e. The van der Waals surface area contributed by atoms with Crippen LogP contribution in [0.25, 0.3) is 0 Å². The molecule has 21 heavy (non-hydrogen) atoms. The van der Waals surface area contributed by atoms with Crippen molar-refractivity contribution in [1.29, 1.82) is 0 Å². The van der Waals surface area contributed by atoms with E-state index in [1.54, 1.807) is 7.11 Å². The summed E-state index contributed by atoms with van der Waals surface area (Å²) in [6, 6.07) is 0. The lowest BCUT2D eigenvalue weighted by Crippen LogP contribution is -2.61. The van der Waals surface area contributed by atoms with Gasteiger partial charge in [-0.15, -0.1) is 11.8 Å². The molecule has 1 spiro atoms. The van der Waals surface area contributed by atoms with E-state index in [4.69, 9.17) is 14.2 Å². The summed E-state index contributed by atoms with van der Waals surface area (Å²) in [6.45, 7) is 4.55. The molecule has 0 aromatic rings. The third kappa shape index (κ3) is 3.73. The van der Waals surface area contributed by atoms with Crippen LogP contribution in [0.1, 0.15) is 19.3 Å². The predicted molar refractivity (Wildman–Crippen MR) is 81.5 cm³/mol. The number of ether oxygens (including phenoxy) is 3. The van der Waals surface area contributed by atoms with Crippen LogP contribution in [0.5, 0.6) is 0 Å². The molecule has 3 fully saturated rings. The van der Waals surface area contributed by atoms with Crippen molar-refractivity contribution in [2.24, 2.45) is 5.92 Å². The first-order chi connectivity index (χ1) is 10.2. The summed E-state index contributed by atoms with van der Waals surface area (Å²) in [6.07, 6.45) is 3.70. The number of nitrogens with zero attached hydrogens (tertiary/aromatic N) is 1. The van der Waals surface area contributed by atoms with Gasteiger partial charge >= 0.3 is 0 Å². The Balaban J connectivity index is 1.37. The van der Waals surface area contributed by atoms with Crippen LogP contribution in [0.2, 0.25) is 0 Å². The first kappa shape index (κ1) is 15.6. The minimum absolute atomic E-state index is 0.107. The fourth-order valence-electron chi connectivity index (χ4n) is 3.36. The molecule has 3 heterocycles. The molecule has 1 amide bonds. The maximum Gasteiger partial charge on any atom is 0.248 e. The number of thioether (sulfide) groups is 1. The Morgan fingerprint density at radius 2 is 2.14 bits per heavy atom. The number of methoxy groups -OCH3 is 1. The van der Waals surface area contributed by atoms with Gasteiger partial charge in [-0.2, -0.15) is 0 Å². The molecule has 0 aliphatic carbocycles. The molecule has 0 radical (unpaired) electrons. The molecular formula is C15H25NO4S. The lowest BCUT2D eigenvalue weighted by molar-refractivity contribution is -0.140. The van der Waals surface area contributed by atoms with Crippen LogP contribution in [-0.2, 0) is 19.0 Å². The number of amides is 1. The summed E-state index contributed by atoms with van der Waals surface area (Å²) < 4.78 is 16.6. The molecule has 1 unspecified atom stereocenters. The smallest absolute Gasteiger partial charge is 0.248 e. The van der Waals surface area contributed by atoms with Crippen molar-refractivity contribution in [3.63, 3.8) is 0 Å². The van der Waals surface area contributed by atoms with E-state index in [1.165, 1.54) is 0 Å². The number of rotatable bonds is 5. The Hall–Kier alpha value is -0.300. The fourth-order valence-corrected chi connectivity index (χ4v) is 4.91.